The highest BCUT2D eigenvalue weighted by molar-refractivity contribution is 7.07. The minimum Gasteiger partial charge on any atom is -0.477 e. The second-order valence-electron chi connectivity index (χ2n) is 6.34. The zero-order valence-corrected chi connectivity index (χ0v) is 15.0. The first-order valence-electron chi connectivity index (χ1n) is 8.25. The lowest BCUT2D eigenvalue weighted by Gasteiger charge is -2.09. The molecule has 0 unspecified atom stereocenters. The summed E-state index contributed by atoms with van der Waals surface area (Å²) >= 11 is 1.65. The van der Waals surface area contributed by atoms with Crippen LogP contribution in [-0.4, -0.2) is 31.3 Å². The maximum Gasteiger partial charge on any atom is 0.218 e. The molecule has 0 aliphatic heterocycles. The third kappa shape index (κ3) is 3.96. The lowest BCUT2D eigenvalue weighted by Crippen LogP contribution is -2.07. The lowest BCUT2D eigenvalue weighted by atomic mass is 10.3. The number of nitrogens with one attached hydrogen (secondary N) is 1. The van der Waals surface area contributed by atoms with Crippen molar-refractivity contribution in [2.75, 3.05) is 11.9 Å². The molecule has 3 heterocycles. The van der Waals surface area contributed by atoms with E-state index in [2.05, 4.69) is 30.7 Å². The van der Waals surface area contributed by atoms with Gasteiger partial charge in [-0.2, -0.15) is 10.1 Å². The van der Waals surface area contributed by atoms with Gasteiger partial charge in [0.15, 0.2) is 0 Å². The van der Waals surface area contributed by atoms with Crippen LogP contribution < -0.4 is 10.1 Å². The van der Waals surface area contributed by atoms with Gasteiger partial charge in [0.1, 0.15) is 11.6 Å². The maximum absolute atomic E-state index is 5.90. The molecule has 1 aliphatic carbocycles. The van der Waals surface area contributed by atoms with Gasteiger partial charge in [-0.05, 0) is 13.3 Å². The van der Waals surface area contributed by atoms with Gasteiger partial charge in [0.25, 0.3) is 0 Å². The molecule has 3 aromatic rings. The standard InChI is InChI=1S/C17H20N6OS/c1-11-21-16(18-5-12-6-20-23(2)7-12)4-17(22-11)24-8-13-3-14(13)15-9-25-10-19-15/h4,6-7,9-10,13-14H,3,5,8H2,1-2H3,(H,18,21,22)/t13-,14+/m1/s1. The third-order valence-corrected chi connectivity index (χ3v) is 4.85. The molecule has 0 bridgehead atoms. The fourth-order valence-electron chi connectivity index (χ4n) is 2.85. The molecule has 7 nitrogen and oxygen atoms in total. The van der Waals surface area contributed by atoms with E-state index in [1.165, 1.54) is 5.69 Å². The molecular formula is C17H20N6OS. The molecule has 4 rings (SSSR count). The van der Waals surface area contributed by atoms with Gasteiger partial charge in [0, 0.05) is 48.6 Å². The van der Waals surface area contributed by atoms with Crippen molar-refractivity contribution in [2.45, 2.75) is 25.8 Å². The summed E-state index contributed by atoms with van der Waals surface area (Å²) in [5, 5.41) is 9.58. The van der Waals surface area contributed by atoms with Crippen LogP contribution in [0.2, 0.25) is 0 Å². The summed E-state index contributed by atoms with van der Waals surface area (Å²) in [6.45, 7) is 3.20. The van der Waals surface area contributed by atoms with Crippen LogP contribution in [0.15, 0.2) is 29.4 Å². The third-order valence-electron chi connectivity index (χ3n) is 4.25. The Balaban J connectivity index is 1.33. The summed E-state index contributed by atoms with van der Waals surface area (Å²) in [5.74, 6) is 3.14. The van der Waals surface area contributed by atoms with Gasteiger partial charge in [-0.15, -0.1) is 11.3 Å². The Hall–Kier alpha value is -2.48. The van der Waals surface area contributed by atoms with Gasteiger partial charge in [0.05, 0.1) is 24.0 Å². The van der Waals surface area contributed by atoms with Crippen molar-refractivity contribution in [2.24, 2.45) is 13.0 Å². The van der Waals surface area contributed by atoms with Gasteiger partial charge in [0.2, 0.25) is 5.88 Å². The van der Waals surface area contributed by atoms with Gasteiger partial charge >= 0.3 is 0 Å². The Bertz CT molecular complexity index is 847. The minimum absolute atomic E-state index is 0.532. The fraction of sp³-hybridized carbons (Fsp3) is 0.412. The number of rotatable bonds is 7. The van der Waals surface area contributed by atoms with Crippen LogP contribution in [0, 0.1) is 12.8 Å². The fourth-order valence-corrected chi connectivity index (χ4v) is 3.47. The second kappa shape index (κ2) is 6.79. The highest BCUT2D eigenvalue weighted by atomic mass is 32.1. The van der Waals surface area contributed by atoms with Crippen LogP contribution in [0.4, 0.5) is 5.82 Å². The number of anilines is 1. The number of aryl methyl sites for hydroxylation is 2. The van der Waals surface area contributed by atoms with Gasteiger partial charge in [-0.25, -0.2) is 9.97 Å². The molecule has 8 heteroatoms. The Morgan fingerprint density at radius 3 is 3.08 bits per heavy atom. The largest absolute Gasteiger partial charge is 0.477 e. The Morgan fingerprint density at radius 1 is 1.40 bits per heavy atom. The monoisotopic (exact) mass is 356 g/mol. The molecule has 0 saturated heterocycles. The second-order valence-corrected chi connectivity index (χ2v) is 7.06. The number of aromatic nitrogens is 5. The van der Waals surface area contributed by atoms with Crippen molar-refractivity contribution < 1.29 is 4.74 Å². The molecule has 1 aliphatic rings. The normalized spacial score (nSPS) is 19.0. The van der Waals surface area contributed by atoms with Crippen molar-refractivity contribution in [3.63, 3.8) is 0 Å². The average Bonchev–Trinajstić information content (AvgIpc) is 2.96. The molecule has 0 aromatic carbocycles. The van der Waals surface area contributed by atoms with E-state index in [0.29, 0.717) is 36.7 Å². The number of hydrogen-bond acceptors (Lipinski definition) is 7. The van der Waals surface area contributed by atoms with E-state index < -0.39 is 0 Å². The van der Waals surface area contributed by atoms with Crippen molar-refractivity contribution in [1.29, 1.82) is 0 Å². The molecule has 0 radical (unpaired) electrons. The smallest absolute Gasteiger partial charge is 0.218 e. The first-order chi connectivity index (χ1) is 12.2. The lowest BCUT2D eigenvalue weighted by molar-refractivity contribution is 0.284. The van der Waals surface area contributed by atoms with Crippen LogP contribution >= 0.6 is 11.3 Å². The quantitative estimate of drug-likeness (QED) is 0.701. The van der Waals surface area contributed by atoms with E-state index in [1.807, 2.05) is 37.9 Å². The molecule has 1 N–H and O–H groups in total. The zero-order chi connectivity index (χ0) is 17.2. The highest BCUT2D eigenvalue weighted by Gasteiger charge is 2.40. The van der Waals surface area contributed by atoms with E-state index in [4.69, 9.17) is 4.74 Å². The average molecular weight is 356 g/mol. The SMILES string of the molecule is Cc1nc(NCc2cnn(C)c2)cc(OC[C@H]2C[C@@H]2c2cscn2)n1. The van der Waals surface area contributed by atoms with E-state index in [9.17, 15) is 0 Å². The maximum atomic E-state index is 5.90. The molecule has 1 fully saturated rings. The molecular weight excluding hydrogens is 336 g/mol. The van der Waals surface area contributed by atoms with E-state index >= 15 is 0 Å². The minimum atomic E-state index is 0.532. The predicted octanol–water partition coefficient (Wildman–Crippen LogP) is 2.77. The van der Waals surface area contributed by atoms with Crippen LogP contribution in [-0.2, 0) is 13.6 Å². The summed E-state index contributed by atoms with van der Waals surface area (Å²) in [4.78, 5) is 13.2. The van der Waals surface area contributed by atoms with Crippen LogP contribution in [0.5, 0.6) is 5.88 Å². The highest BCUT2D eigenvalue weighted by Crippen LogP contribution is 2.47. The van der Waals surface area contributed by atoms with Crippen molar-refractivity contribution in [3.05, 3.63) is 46.4 Å². The zero-order valence-electron chi connectivity index (χ0n) is 14.2. The van der Waals surface area contributed by atoms with Crippen molar-refractivity contribution >= 4 is 17.2 Å². The van der Waals surface area contributed by atoms with Crippen molar-refractivity contribution in [1.82, 2.24) is 24.7 Å². The summed E-state index contributed by atoms with van der Waals surface area (Å²) in [6.07, 6.45) is 4.95. The Morgan fingerprint density at radius 2 is 2.32 bits per heavy atom. The molecule has 0 spiro atoms. The Labute approximate surface area is 150 Å². The molecule has 3 aromatic heterocycles. The topological polar surface area (TPSA) is 77.8 Å². The summed E-state index contributed by atoms with van der Waals surface area (Å²) in [5.41, 5.74) is 4.18. The summed E-state index contributed by atoms with van der Waals surface area (Å²) < 4.78 is 7.69. The number of thiazole rings is 1. The van der Waals surface area contributed by atoms with Crippen LogP contribution in [0.25, 0.3) is 0 Å². The first-order valence-corrected chi connectivity index (χ1v) is 9.19. The number of ether oxygens (including phenoxy) is 1. The van der Waals surface area contributed by atoms with E-state index in [0.717, 1.165) is 17.8 Å². The molecule has 0 amide bonds. The number of nitrogens with zero attached hydrogens (tertiary/aromatic N) is 5. The van der Waals surface area contributed by atoms with E-state index in [1.54, 1.807) is 16.0 Å². The summed E-state index contributed by atoms with van der Waals surface area (Å²) in [6, 6.07) is 1.85. The Kier molecular flexibility index (Phi) is 4.35. The first kappa shape index (κ1) is 16.0. The molecule has 25 heavy (non-hydrogen) atoms. The van der Waals surface area contributed by atoms with Gasteiger partial charge < -0.3 is 10.1 Å². The van der Waals surface area contributed by atoms with E-state index in [-0.39, 0.29) is 0 Å². The predicted molar refractivity (Wildman–Crippen MR) is 95.8 cm³/mol. The summed E-state index contributed by atoms with van der Waals surface area (Å²) in [7, 11) is 1.90. The van der Waals surface area contributed by atoms with Gasteiger partial charge in [-0.3, -0.25) is 4.68 Å². The van der Waals surface area contributed by atoms with Gasteiger partial charge in [-0.1, -0.05) is 0 Å². The van der Waals surface area contributed by atoms with Crippen LogP contribution in [0.1, 0.15) is 29.4 Å². The molecule has 130 valence electrons. The van der Waals surface area contributed by atoms with Crippen molar-refractivity contribution in [3.8, 4) is 5.88 Å². The molecule has 2 atom stereocenters. The van der Waals surface area contributed by atoms with Crippen LogP contribution in [0.3, 0.4) is 0 Å². The molecule has 1 saturated carbocycles. The number of hydrogen-bond donors (Lipinski definition) is 1.